The molecule has 27 heavy (non-hydrogen) atoms. The number of para-hydroxylation sites is 1. The number of aliphatic imine (C=N–C) groups is 1. The van der Waals surface area contributed by atoms with E-state index in [2.05, 4.69) is 77.7 Å². The highest BCUT2D eigenvalue weighted by atomic mass is 15.3. The number of guanidine groups is 1. The van der Waals surface area contributed by atoms with Gasteiger partial charge in [0.25, 0.3) is 0 Å². The Morgan fingerprint density at radius 3 is 2.63 bits per heavy atom. The number of nitrogens with one attached hydrogen (secondary N) is 2. The Bertz CT molecular complexity index is 749. The summed E-state index contributed by atoms with van der Waals surface area (Å²) in [5.74, 6) is 0.815. The van der Waals surface area contributed by atoms with E-state index < -0.39 is 0 Å². The van der Waals surface area contributed by atoms with Gasteiger partial charge in [0.15, 0.2) is 5.96 Å². The first-order chi connectivity index (χ1) is 13.0. The zero-order chi connectivity index (χ0) is 19.8. The van der Waals surface area contributed by atoms with Crippen LogP contribution in [0.5, 0.6) is 0 Å². The van der Waals surface area contributed by atoms with Crippen LogP contribution in [0.25, 0.3) is 5.69 Å². The Kier molecular flexibility index (Phi) is 7.85. The third-order valence-corrected chi connectivity index (χ3v) is 5.00. The van der Waals surface area contributed by atoms with Crippen LogP contribution >= 0.6 is 0 Å². The summed E-state index contributed by atoms with van der Waals surface area (Å²) in [5.41, 5.74) is 4.44. The molecule has 1 heterocycles. The summed E-state index contributed by atoms with van der Waals surface area (Å²) in [5, 5.41) is 11.4. The van der Waals surface area contributed by atoms with E-state index in [1.807, 2.05) is 17.7 Å². The van der Waals surface area contributed by atoms with Crippen LogP contribution in [0.15, 0.2) is 35.3 Å². The molecule has 0 saturated heterocycles. The number of benzene rings is 1. The van der Waals surface area contributed by atoms with Crippen LogP contribution in [0, 0.1) is 13.8 Å². The zero-order valence-electron chi connectivity index (χ0n) is 17.6. The summed E-state index contributed by atoms with van der Waals surface area (Å²) in [6, 6.07) is 11.0. The van der Waals surface area contributed by atoms with Crippen molar-refractivity contribution in [2.45, 2.75) is 46.7 Å². The summed E-state index contributed by atoms with van der Waals surface area (Å²) in [7, 11) is 3.97. The number of nitrogens with zero attached hydrogens (tertiary/aromatic N) is 4. The van der Waals surface area contributed by atoms with Gasteiger partial charge in [-0.2, -0.15) is 5.10 Å². The maximum atomic E-state index is 4.62. The van der Waals surface area contributed by atoms with Gasteiger partial charge in [-0.05, 0) is 51.9 Å². The maximum Gasteiger partial charge on any atom is 0.191 e. The Hall–Kier alpha value is -2.34. The predicted molar refractivity (Wildman–Crippen MR) is 114 cm³/mol. The molecular weight excluding hydrogens is 336 g/mol. The minimum absolute atomic E-state index is 0.592. The van der Waals surface area contributed by atoms with Gasteiger partial charge in [-0.1, -0.05) is 25.1 Å². The average molecular weight is 371 g/mol. The molecule has 0 aliphatic rings. The van der Waals surface area contributed by atoms with Crippen molar-refractivity contribution < 1.29 is 0 Å². The van der Waals surface area contributed by atoms with Crippen molar-refractivity contribution in [3.05, 3.63) is 47.3 Å². The molecule has 0 amide bonds. The number of aryl methyl sites for hydroxylation is 2. The molecule has 0 aliphatic heterocycles. The summed E-state index contributed by atoms with van der Waals surface area (Å²) >= 11 is 0. The highest BCUT2D eigenvalue weighted by Crippen LogP contribution is 2.16. The van der Waals surface area contributed by atoms with Gasteiger partial charge in [-0.25, -0.2) is 4.68 Å². The second kappa shape index (κ2) is 10.1. The van der Waals surface area contributed by atoms with Gasteiger partial charge < -0.3 is 15.5 Å². The standard InChI is InChI=1S/C21H34N6/c1-7-17(3)26(6)13-12-23-21(22-5)24-15-19-10-8-9-11-20(19)27-18(4)14-16(2)25-27/h8-11,14,17H,7,12-13,15H2,1-6H3,(H2,22,23,24). The number of likely N-dealkylation sites (N-methyl/N-ethyl adjacent to an activating group) is 1. The third kappa shape index (κ3) is 5.82. The van der Waals surface area contributed by atoms with Crippen LogP contribution < -0.4 is 10.6 Å². The minimum Gasteiger partial charge on any atom is -0.355 e. The normalized spacial score (nSPS) is 13.1. The van der Waals surface area contributed by atoms with Crippen molar-refractivity contribution in [2.24, 2.45) is 4.99 Å². The van der Waals surface area contributed by atoms with Crippen LogP contribution in [-0.4, -0.2) is 53.9 Å². The van der Waals surface area contributed by atoms with E-state index in [9.17, 15) is 0 Å². The molecule has 2 aromatic rings. The zero-order valence-corrected chi connectivity index (χ0v) is 17.6. The van der Waals surface area contributed by atoms with E-state index in [1.54, 1.807) is 7.05 Å². The second-order valence-electron chi connectivity index (χ2n) is 7.06. The van der Waals surface area contributed by atoms with Crippen molar-refractivity contribution >= 4 is 5.96 Å². The summed E-state index contributed by atoms with van der Waals surface area (Å²) < 4.78 is 2.00. The first-order valence-corrected chi connectivity index (χ1v) is 9.72. The minimum atomic E-state index is 0.592. The molecule has 148 valence electrons. The maximum absolute atomic E-state index is 4.62. The fourth-order valence-corrected chi connectivity index (χ4v) is 3.02. The second-order valence-corrected chi connectivity index (χ2v) is 7.06. The lowest BCUT2D eigenvalue weighted by Gasteiger charge is -2.24. The molecule has 6 heteroatoms. The molecule has 0 fully saturated rings. The molecule has 1 atom stereocenters. The molecule has 0 saturated carbocycles. The van der Waals surface area contributed by atoms with E-state index in [0.29, 0.717) is 12.6 Å². The lowest BCUT2D eigenvalue weighted by atomic mass is 10.1. The van der Waals surface area contributed by atoms with Crippen molar-refractivity contribution in [2.75, 3.05) is 27.2 Å². The first kappa shape index (κ1) is 21.0. The Labute approximate surface area is 163 Å². The van der Waals surface area contributed by atoms with Crippen LogP contribution in [0.4, 0.5) is 0 Å². The van der Waals surface area contributed by atoms with Gasteiger partial charge >= 0.3 is 0 Å². The van der Waals surface area contributed by atoms with Crippen molar-refractivity contribution in [3.8, 4) is 5.69 Å². The lowest BCUT2D eigenvalue weighted by molar-refractivity contribution is 0.255. The molecule has 1 aromatic heterocycles. The Morgan fingerprint density at radius 1 is 1.26 bits per heavy atom. The topological polar surface area (TPSA) is 57.5 Å². The molecule has 1 unspecified atom stereocenters. The molecule has 0 radical (unpaired) electrons. The van der Waals surface area contributed by atoms with E-state index in [1.165, 1.54) is 5.56 Å². The molecule has 2 N–H and O–H groups in total. The van der Waals surface area contributed by atoms with Gasteiger partial charge in [0.05, 0.1) is 11.4 Å². The number of aromatic nitrogens is 2. The first-order valence-electron chi connectivity index (χ1n) is 9.72. The van der Waals surface area contributed by atoms with Gasteiger partial charge in [-0.3, -0.25) is 4.99 Å². The van der Waals surface area contributed by atoms with Crippen LogP contribution in [0.2, 0.25) is 0 Å². The summed E-state index contributed by atoms with van der Waals surface area (Å²) in [4.78, 5) is 6.70. The lowest BCUT2D eigenvalue weighted by Crippen LogP contribution is -2.42. The molecule has 6 nitrogen and oxygen atoms in total. The average Bonchev–Trinajstić information content (AvgIpc) is 3.01. The number of rotatable bonds is 8. The smallest absolute Gasteiger partial charge is 0.191 e. The van der Waals surface area contributed by atoms with E-state index in [4.69, 9.17) is 0 Å². The van der Waals surface area contributed by atoms with Crippen LogP contribution in [0.3, 0.4) is 0 Å². The van der Waals surface area contributed by atoms with E-state index >= 15 is 0 Å². The van der Waals surface area contributed by atoms with Crippen LogP contribution in [-0.2, 0) is 6.54 Å². The molecule has 2 rings (SSSR count). The van der Waals surface area contributed by atoms with Crippen LogP contribution in [0.1, 0.15) is 37.2 Å². The Morgan fingerprint density at radius 2 is 2.00 bits per heavy atom. The summed E-state index contributed by atoms with van der Waals surface area (Å²) in [6.07, 6.45) is 1.16. The highest BCUT2D eigenvalue weighted by Gasteiger charge is 2.10. The van der Waals surface area contributed by atoms with Gasteiger partial charge in [0.1, 0.15) is 0 Å². The van der Waals surface area contributed by atoms with Gasteiger partial charge in [0, 0.05) is 38.4 Å². The molecule has 0 aliphatic carbocycles. The van der Waals surface area contributed by atoms with E-state index in [0.717, 1.165) is 42.5 Å². The third-order valence-electron chi connectivity index (χ3n) is 5.00. The monoisotopic (exact) mass is 370 g/mol. The quantitative estimate of drug-likeness (QED) is 0.554. The highest BCUT2D eigenvalue weighted by molar-refractivity contribution is 5.79. The fourth-order valence-electron chi connectivity index (χ4n) is 3.02. The van der Waals surface area contributed by atoms with Crippen molar-refractivity contribution in [1.29, 1.82) is 0 Å². The Balaban J connectivity index is 1.96. The molecule has 1 aromatic carbocycles. The molecule has 0 bridgehead atoms. The summed E-state index contributed by atoms with van der Waals surface area (Å²) in [6.45, 7) is 11.1. The van der Waals surface area contributed by atoms with Crippen molar-refractivity contribution in [3.63, 3.8) is 0 Å². The SMILES string of the molecule is CCC(C)N(C)CCNC(=NC)NCc1ccccc1-n1nc(C)cc1C. The molecular formula is C21H34N6. The van der Waals surface area contributed by atoms with E-state index in [-0.39, 0.29) is 0 Å². The number of hydrogen-bond acceptors (Lipinski definition) is 3. The van der Waals surface area contributed by atoms with Crippen molar-refractivity contribution in [1.82, 2.24) is 25.3 Å². The van der Waals surface area contributed by atoms with Gasteiger partial charge in [0.2, 0.25) is 0 Å². The molecule has 0 spiro atoms. The predicted octanol–water partition coefficient (Wildman–Crippen LogP) is 2.88. The largest absolute Gasteiger partial charge is 0.355 e. The number of hydrogen-bond donors (Lipinski definition) is 2. The van der Waals surface area contributed by atoms with Gasteiger partial charge in [-0.15, -0.1) is 0 Å². The fraction of sp³-hybridized carbons (Fsp3) is 0.524.